The standard InChI is InChI=1S/C14H25BO4/c1-12(16-6)11-17-10-8-7-9-15-18-13(2,3)14(4,5)19-15/h7,9H,1,8,10-11H2,2-6H3/b9-7+. The third-order valence-corrected chi connectivity index (χ3v) is 3.55. The molecule has 1 aliphatic heterocycles. The van der Waals surface area contributed by atoms with Gasteiger partial charge in [0.2, 0.25) is 0 Å². The molecule has 108 valence electrons. The molecule has 4 nitrogen and oxygen atoms in total. The maximum Gasteiger partial charge on any atom is 0.486 e. The third kappa shape index (κ3) is 4.67. The summed E-state index contributed by atoms with van der Waals surface area (Å²) >= 11 is 0. The van der Waals surface area contributed by atoms with Crippen LogP contribution in [0.25, 0.3) is 0 Å². The fourth-order valence-corrected chi connectivity index (χ4v) is 1.57. The van der Waals surface area contributed by atoms with Gasteiger partial charge in [-0.15, -0.1) is 0 Å². The van der Waals surface area contributed by atoms with E-state index < -0.39 is 0 Å². The van der Waals surface area contributed by atoms with E-state index in [1.54, 1.807) is 7.11 Å². The van der Waals surface area contributed by atoms with Crippen molar-refractivity contribution in [3.05, 3.63) is 24.4 Å². The number of hydrogen-bond acceptors (Lipinski definition) is 4. The monoisotopic (exact) mass is 268 g/mol. The first-order valence-corrected chi connectivity index (χ1v) is 6.60. The molecule has 0 aromatic carbocycles. The summed E-state index contributed by atoms with van der Waals surface area (Å²) in [7, 11) is 1.31. The minimum absolute atomic E-state index is 0.279. The largest absolute Gasteiger partial charge is 0.499 e. The lowest BCUT2D eigenvalue weighted by Crippen LogP contribution is -2.41. The molecule has 0 saturated carbocycles. The average molecular weight is 268 g/mol. The Labute approximate surface area is 116 Å². The summed E-state index contributed by atoms with van der Waals surface area (Å²) in [6.45, 7) is 12.9. The van der Waals surface area contributed by atoms with Crippen LogP contribution in [0.2, 0.25) is 0 Å². The lowest BCUT2D eigenvalue weighted by molar-refractivity contribution is 0.00578. The van der Waals surface area contributed by atoms with Crippen molar-refractivity contribution < 1.29 is 18.8 Å². The first kappa shape index (κ1) is 16.3. The normalized spacial score (nSPS) is 21.0. The zero-order valence-electron chi connectivity index (χ0n) is 12.7. The lowest BCUT2D eigenvalue weighted by atomic mass is 9.90. The van der Waals surface area contributed by atoms with E-state index in [1.165, 1.54) is 0 Å². The van der Waals surface area contributed by atoms with Crippen LogP contribution in [0.3, 0.4) is 0 Å². The van der Waals surface area contributed by atoms with E-state index in [1.807, 2.05) is 39.7 Å². The fraction of sp³-hybridized carbons (Fsp3) is 0.714. The Morgan fingerprint density at radius 2 is 1.79 bits per heavy atom. The van der Waals surface area contributed by atoms with Crippen molar-refractivity contribution in [1.29, 1.82) is 0 Å². The number of rotatable bonds is 7. The first-order valence-electron chi connectivity index (χ1n) is 6.60. The molecule has 0 N–H and O–H groups in total. The molecule has 0 bridgehead atoms. The van der Waals surface area contributed by atoms with Crippen LogP contribution >= 0.6 is 0 Å². The van der Waals surface area contributed by atoms with Gasteiger partial charge in [-0.3, -0.25) is 0 Å². The highest BCUT2D eigenvalue weighted by atomic mass is 16.7. The van der Waals surface area contributed by atoms with Crippen molar-refractivity contribution in [2.75, 3.05) is 20.3 Å². The highest BCUT2D eigenvalue weighted by molar-refractivity contribution is 6.51. The van der Waals surface area contributed by atoms with Crippen molar-refractivity contribution in [2.24, 2.45) is 0 Å². The van der Waals surface area contributed by atoms with Crippen LogP contribution in [0, 0.1) is 0 Å². The van der Waals surface area contributed by atoms with Gasteiger partial charge in [0.25, 0.3) is 0 Å². The third-order valence-electron chi connectivity index (χ3n) is 3.55. The molecule has 1 aliphatic rings. The maximum absolute atomic E-state index is 5.84. The zero-order valence-corrected chi connectivity index (χ0v) is 12.7. The topological polar surface area (TPSA) is 36.9 Å². The molecule has 0 amide bonds. The maximum atomic E-state index is 5.84. The Kier molecular flexibility index (Phi) is 5.65. The minimum atomic E-state index is -0.283. The van der Waals surface area contributed by atoms with Gasteiger partial charge >= 0.3 is 7.12 Å². The van der Waals surface area contributed by atoms with E-state index in [9.17, 15) is 0 Å². The second kappa shape index (κ2) is 6.59. The summed E-state index contributed by atoms with van der Waals surface area (Å²) in [5.41, 5.74) is -0.566. The van der Waals surface area contributed by atoms with Gasteiger partial charge in [-0.1, -0.05) is 18.6 Å². The molecule has 19 heavy (non-hydrogen) atoms. The van der Waals surface area contributed by atoms with Gasteiger partial charge in [0.05, 0.1) is 24.9 Å². The molecular weight excluding hydrogens is 243 g/mol. The quantitative estimate of drug-likeness (QED) is 0.404. The van der Waals surface area contributed by atoms with Crippen molar-refractivity contribution in [1.82, 2.24) is 0 Å². The predicted molar refractivity (Wildman–Crippen MR) is 76.8 cm³/mol. The molecule has 0 aromatic heterocycles. The Morgan fingerprint density at radius 3 is 2.32 bits per heavy atom. The predicted octanol–water partition coefficient (Wildman–Crippen LogP) is 2.74. The van der Waals surface area contributed by atoms with Crippen LogP contribution in [-0.4, -0.2) is 38.6 Å². The summed E-state index contributed by atoms with van der Waals surface area (Å²) in [6.07, 6.45) is 2.82. The van der Waals surface area contributed by atoms with Crippen molar-refractivity contribution in [3.8, 4) is 0 Å². The van der Waals surface area contributed by atoms with E-state index in [-0.39, 0.29) is 18.3 Å². The number of methoxy groups -OCH3 is 1. The number of hydrogen-bond donors (Lipinski definition) is 0. The molecule has 0 spiro atoms. The van der Waals surface area contributed by atoms with Gasteiger partial charge in [-0.2, -0.15) is 0 Å². The summed E-state index contributed by atoms with van der Waals surface area (Å²) in [4.78, 5) is 0. The van der Waals surface area contributed by atoms with Crippen molar-refractivity contribution >= 4 is 7.12 Å². The summed E-state index contributed by atoms with van der Waals surface area (Å²) in [5.74, 6) is 2.57. The van der Waals surface area contributed by atoms with Gasteiger partial charge in [-0.05, 0) is 34.1 Å². The highest BCUT2D eigenvalue weighted by Crippen LogP contribution is 2.36. The SMILES string of the molecule is C=C(COCC/C=C/B1OC(C)(C)C(C)(C)O1)OC. The van der Waals surface area contributed by atoms with Crippen molar-refractivity contribution in [2.45, 2.75) is 45.3 Å². The molecule has 5 heteroatoms. The fourth-order valence-electron chi connectivity index (χ4n) is 1.57. The van der Waals surface area contributed by atoms with Crippen LogP contribution in [-0.2, 0) is 18.8 Å². The second-order valence-corrected chi connectivity index (χ2v) is 5.64. The molecule has 1 fully saturated rings. The Balaban J connectivity index is 2.23. The van der Waals surface area contributed by atoms with E-state index in [0.29, 0.717) is 19.0 Å². The van der Waals surface area contributed by atoms with Crippen LogP contribution < -0.4 is 0 Å². The van der Waals surface area contributed by atoms with Gasteiger partial charge in [0.1, 0.15) is 12.4 Å². The van der Waals surface area contributed by atoms with Crippen LogP contribution in [0.15, 0.2) is 24.4 Å². The van der Waals surface area contributed by atoms with E-state index in [2.05, 4.69) is 6.58 Å². The Bertz CT molecular complexity index is 320. The van der Waals surface area contributed by atoms with Gasteiger partial charge in [0, 0.05) is 0 Å². The second-order valence-electron chi connectivity index (χ2n) is 5.64. The molecule has 0 aliphatic carbocycles. The molecule has 0 unspecified atom stereocenters. The minimum Gasteiger partial charge on any atom is -0.499 e. The first-order chi connectivity index (χ1) is 8.78. The molecule has 1 saturated heterocycles. The van der Waals surface area contributed by atoms with Gasteiger partial charge in [0.15, 0.2) is 0 Å². The molecular formula is C14H25BO4. The molecule has 0 radical (unpaired) electrons. The number of ether oxygens (including phenoxy) is 2. The summed E-state index contributed by atoms with van der Waals surface area (Å²) in [5, 5.41) is 0. The molecule has 0 atom stereocenters. The van der Waals surface area contributed by atoms with Crippen molar-refractivity contribution in [3.63, 3.8) is 0 Å². The lowest BCUT2D eigenvalue weighted by Gasteiger charge is -2.32. The smallest absolute Gasteiger partial charge is 0.486 e. The van der Waals surface area contributed by atoms with Crippen LogP contribution in [0.5, 0.6) is 0 Å². The van der Waals surface area contributed by atoms with E-state index >= 15 is 0 Å². The van der Waals surface area contributed by atoms with Crippen LogP contribution in [0.4, 0.5) is 0 Å². The van der Waals surface area contributed by atoms with E-state index in [0.717, 1.165) is 6.42 Å². The molecule has 0 aromatic rings. The Hall–Kier alpha value is -0.775. The Morgan fingerprint density at radius 1 is 1.21 bits per heavy atom. The van der Waals surface area contributed by atoms with Gasteiger partial charge in [-0.25, -0.2) is 0 Å². The van der Waals surface area contributed by atoms with Crippen LogP contribution in [0.1, 0.15) is 34.1 Å². The summed E-state index contributed by atoms with van der Waals surface area (Å²) < 4.78 is 22.0. The zero-order chi connectivity index (χ0) is 14.5. The van der Waals surface area contributed by atoms with E-state index in [4.69, 9.17) is 18.8 Å². The summed E-state index contributed by atoms with van der Waals surface area (Å²) in [6, 6.07) is 0. The highest BCUT2D eigenvalue weighted by Gasteiger charge is 2.49. The average Bonchev–Trinajstić information content (AvgIpc) is 2.51. The molecule has 1 heterocycles. The van der Waals surface area contributed by atoms with Gasteiger partial charge < -0.3 is 18.8 Å². The molecule has 1 rings (SSSR count).